The highest BCUT2D eigenvalue weighted by atomic mass is 127. The highest BCUT2D eigenvalue weighted by Crippen LogP contribution is 2.21. The zero-order chi connectivity index (χ0) is 19.1. The highest BCUT2D eigenvalue weighted by molar-refractivity contribution is 14.0. The van der Waals surface area contributed by atoms with E-state index in [1.54, 1.807) is 7.05 Å². The molecular weight excluding hydrogens is 483 g/mol. The molecule has 2 heterocycles. The van der Waals surface area contributed by atoms with Crippen molar-refractivity contribution < 1.29 is 4.79 Å². The number of rotatable bonds is 6. The second kappa shape index (κ2) is 11.4. The van der Waals surface area contributed by atoms with Gasteiger partial charge in [0.05, 0.1) is 6.54 Å². The Kier molecular flexibility index (Phi) is 9.24. The lowest BCUT2D eigenvalue weighted by molar-refractivity contribution is -0.119. The Balaban J connectivity index is 0.00000280. The quantitative estimate of drug-likeness (QED) is 0.345. The third-order valence-electron chi connectivity index (χ3n) is 4.75. The number of benzene rings is 1. The van der Waals surface area contributed by atoms with Gasteiger partial charge in [-0.15, -0.1) is 35.3 Å². The van der Waals surface area contributed by atoms with Crippen LogP contribution in [-0.4, -0.2) is 25.5 Å². The number of hydrogen-bond acceptors (Lipinski definition) is 3. The van der Waals surface area contributed by atoms with Crippen LogP contribution in [0.15, 0.2) is 41.4 Å². The van der Waals surface area contributed by atoms with Crippen molar-refractivity contribution in [3.05, 3.63) is 51.7 Å². The number of amides is 1. The summed E-state index contributed by atoms with van der Waals surface area (Å²) >= 11 is 1.84. The Morgan fingerprint density at radius 1 is 1.07 bits per heavy atom. The topological polar surface area (TPSA) is 56.7 Å². The van der Waals surface area contributed by atoms with Crippen molar-refractivity contribution in [2.45, 2.75) is 45.7 Å². The summed E-state index contributed by atoms with van der Waals surface area (Å²) in [6.45, 7) is 4.48. The van der Waals surface area contributed by atoms with Gasteiger partial charge < -0.3 is 15.5 Å². The number of nitrogens with one attached hydrogen (secondary N) is 2. The van der Waals surface area contributed by atoms with E-state index in [-0.39, 0.29) is 29.9 Å². The lowest BCUT2D eigenvalue weighted by Gasteiger charge is -2.26. The largest absolute Gasteiger partial charge is 0.352 e. The number of aliphatic imine (C=N–C) groups is 1. The Labute approximate surface area is 188 Å². The van der Waals surface area contributed by atoms with E-state index in [2.05, 4.69) is 46.8 Å². The standard InChI is InChI=1S/C21H28N4OS.HI/c1-3-18-11-12-19(27-18)15-24-21(22-2)23-14-16-7-9-17(10-8-16)25-13-5-4-6-20(25)26;/h7-12H,3-6,13-15H2,1-2H3,(H2,22,23,24);1H. The maximum absolute atomic E-state index is 12.0. The van der Waals surface area contributed by atoms with Crippen LogP contribution in [0.2, 0.25) is 0 Å². The van der Waals surface area contributed by atoms with Crippen LogP contribution in [0.1, 0.15) is 41.5 Å². The first kappa shape index (κ1) is 22.7. The molecule has 0 saturated carbocycles. The first-order valence-electron chi connectivity index (χ1n) is 9.61. The molecular formula is C21H29IN4OS. The number of guanidine groups is 1. The fourth-order valence-corrected chi connectivity index (χ4v) is 4.05. The summed E-state index contributed by atoms with van der Waals surface area (Å²) in [7, 11) is 1.78. The molecule has 1 amide bonds. The molecule has 1 aromatic carbocycles. The van der Waals surface area contributed by atoms with Crippen molar-refractivity contribution in [1.29, 1.82) is 0 Å². The number of nitrogens with zero attached hydrogens (tertiary/aromatic N) is 2. The molecule has 1 saturated heterocycles. The number of halogens is 1. The van der Waals surface area contributed by atoms with Crippen molar-refractivity contribution >= 4 is 52.9 Å². The third kappa shape index (κ3) is 6.20. The fourth-order valence-electron chi connectivity index (χ4n) is 3.16. The molecule has 152 valence electrons. The minimum Gasteiger partial charge on any atom is -0.352 e. The van der Waals surface area contributed by atoms with Gasteiger partial charge >= 0.3 is 0 Å². The SMILES string of the molecule is CCc1ccc(CNC(=NC)NCc2ccc(N3CCCCC3=O)cc2)s1.I. The van der Waals surface area contributed by atoms with Gasteiger partial charge in [0.15, 0.2) is 5.96 Å². The molecule has 28 heavy (non-hydrogen) atoms. The number of hydrogen-bond donors (Lipinski definition) is 2. The molecule has 0 bridgehead atoms. The number of carbonyl (C=O) groups excluding carboxylic acids is 1. The van der Waals surface area contributed by atoms with E-state index in [1.165, 1.54) is 9.75 Å². The van der Waals surface area contributed by atoms with Crippen molar-refractivity contribution in [3.8, 4) is 0 Å². The summed E-state index contributed by atoms with van der Waals surface area (Å²) in [5.41, 5.74) is 2.16. The van der Waals surface area contributed by atoms with Crippen LogP contribution < -0.4 is 15.5 Å². The van der Waals surface area contributed by atoms with Crippen LogP contribution in [0.25, 0.3) is 0 Å². The maximum Gasteiger partial charge on any atom is 0.226 e. The summed E-state index contributed by atoms with van der Waals surface area (Å²) in [6.07, 6.45) is 3.83. The molecule has 0 atom stereocenters. The summed E-state index contributed by atoms with van der Waals surface area (Å²) in [5.74, 6) is 1.02. The molecule has 2 N–H and O–H groups in total. The molecule has 0 unspecified atom stereocenters. The van der Waals surface area contributed by atoms with Gasteiger partial charge in [-0.2, -0.15) is 0 Å². The maximum atomic E-state index is 12.0. The van der Waals surface area contributed by atoms with E-state index in [4.69, 9.17) is 0 Å². The molecule has 0 aliphatic carbocycles. The van der Waals surface area contributed by atoms with Crippen molar-refractivity contribution in [1.82, 2.24) is 10.6 Å². The summed E-state index contributed by atoms with van der Waals surface area (Å²) in [6, 6.07) is 12.6. The fraction of sp³-hybridized carbons (Fsp3) is 0.429. The number of aryl methyl sites for hydroxylation is 1. The Hall–Kier alpha value is -1.61. The molecule has 3 rings (SSSR count). The molecule has 2 aromatic rings. The number of anilines is 1. The molecule has 0 radical (unpaired) electrons. The monoisotopic (exact) mass is 512 g/mol. The average Bonchev–Trinajstić information content (AvgIpc) is 3.17. The van der Waals surface area contributed by atoms with E-state index in [1.807, 2.05) is 28.4 Å². The summed E-state index contributed by atoms with van der Waals surface area (Å²) in [5, 5.41) is 6.71. The van der Waals surface area contributed by atoms with E-state index in [0.717, 1.165) is 49.6 Å². The lowest BCUT2D eigenvalue weighted by Crippen LogP contribution is -2.36. The predicted octanol–water partition coefficient (Wildman–Crippen LogP) is 4.31. The zero-order valence-electron chi connectivity index (χ0n) is 16.5. The zero-order valence-corrected chi connectivity index (χ0v) is 19.7. The lowest BCUT2D eigenvalue weighted by atomic mass is 10.1. The van der Waals surface area contributed by atoms with Gasteiger partial charge in [-0.05, 0) is 49.1 Å². The van der Waals surface area contributed by atoms with Crippen LogP contribution in [0, 0.1) is 0 Å². The minimum atomic E-state index is 0. The normalized spacial score (nSPS) is 14.6. The van der Waals surface area contributed by atoms with E-state index in [9.17, 15) is 4.79 Å². The number of piperidine rings is 1. The third-order valence-corrected chi connectivity index (χ3v) is 5.98. The van der Waals surface area contributed by atoms with Crippen molar-refractivity contribution in [2.75, 3.05) is 18.5 Å². The van der Waals surface area contributed by atoms with E-state index >= 15 is 0 Å². The highest BCUT2D eigenvalue weighted by Gasteiger charge is 2.19. The first-order chi connectivity index (χ1) is 13.2. The average molecular weight is 512 g/mol. The van der Waals surface area contributed by atoms with E-state index < -0.39 is 0 Å². The van der Waals surface area contributed by atoms with Gasteiger partial charge in [-0.1, -0.05) is 19.1 Å². The van der Waals surface area contributed by atoms with Crippen LogP contribution in [0.3, 0.4) is 0 Å². The first-order valence-corrected chi connectivity index (χ1v) is 10.4. The molecule has 1 fully saturated rings. The van der Waals surface area contributed by atoms with Crippen molar-refractivity contribution in [2.24, 2.45) is 4.99 Å². The number of thiophene rings is 1. The van der Waals surface area contributed by atoms with Crippen LogP contribution in [-0.2, 0) is 24.3 Å². The molecule has 5 nitrogen and oxygen atoms in total. The summed E-state index contributed by atoms with van der Waals surface area (Å²) in [4.78, 5) is 20.9. The predicted molar refractivity (Wildman–Crippen MR) is 129 cm³/mol. The van der Waals surface area contributed by atoms with Gasteiger partial charge in [-0.3, -0.25) is 9.79 Å². The Bertz CT molecular complexity index is 788. The summed E-state index contributed by atoms with van der Waals surface area (Å²) < 4.78 is 0. The van der Waals surface area contributed by atoms with Gasteiger partial charge in [0, 0.05) is 42.0 Å². The van der Waals surface area contributed by atoms with Gasteiger partial charge in [0.25, 0.3) is 0 Å². The molecule has 1 aliphatic rings. The smallest absolute Gasteiger partial charge is 0.226 e. The number of carbonyl (C=O) groups is 1. The van der Waals surface area contributed by atoms with Gasteiger partial charge in [-0.25, -0.2) is 0 Å². The van der Waals surface area contributed by atoms with Gasteiger partial charge in [0.2, 0.25) is 5.91 Å². The molecule has 1 aliphatic heterocycles. The second-order valence-electron chi connectivity index (χ2n) is 6.67. The molecule has 7 heteroatoms. The minimum absolute atomic E-state index is 0. The van der Waals surface area contributed by atoms with Gasteiger partial charge in [0.1, 0.15) is 0 Å². The molecule has 0 spiro atoms. The van der Waals surface area contributed by atoms with Crippen LogP contribution >= 0.6 is 35.3 Å². The Morgan fingerprint density at radius 3 is 2.43 bits per heavy atom. The van der Waals surface area contributed by atoms with Crippen molar-refractivity contribution in [3.63, 3.8) is 0 Å². The second-order valence-corrected chi connectivity index (χ2v) is 7.92. The Morgan fingerprint density at radius 2 is 1.79 bits per heavy atom. The molecule has 1 aromatic heterocycles. The van der Waals surface area contributed by atoms with E-state index in [0.29, 0.717) is 13.0 Å². The van der Waals surface area contributed by atoms with Crippen LogP contribution in [0.5, 0.6) is 0 Å². The van der Waals surface area contributed by atoms with Crippen LogP contribution in [0.4, 0.5) is 5.69 Å².